The highest BCUT2D eigenvalue weighted by atomic mass is 35.5. The van der Waals surface area contributed by atoms with Crippen molar-refractivity contribution in [3.63, 3.8) is 0 Å². The molecular formula is C12H20ClN5O. The maximum Gasteiger partial charge on any atom is 0.219 e. The van der Waals surface area contributed by atoms with Gasteiger partial charge in [-0.15, -0.1) is 22.6 Å². The van der Waals surface area contributed by atoms with Gasteiger partial charge in [0, 0.05) is 45.4 Å². The summed E-state index contributed by atoms with van der Waals surface area (Å²) in [6.45, 7) is 6.05. The Morgan fingerprint density at radius 3 is 2.84 bits per heavy atom. The van der Waals surface area contributed by atoms with Crippen LogP contribution in [0.4, 0.5) is 0 Å². The van der Waals surface area contributed by atoms with E-state index < -0.39 is 0 Å². The standard InChI is InChI=1S/C12H19N5O.ClH/c1-9(18)16-5-3-11-14-15-12(17(11)7-6-16)10-2-4-13-8-10;/h10,13H,2-8H2,1H3;1H. The molecule has 0 aliphatic carbocycles. The van der Waals surface area contributed by atoms with Crippen LogP contribution in [0.5, 0.6) is 0 Å². The van der Waals surface area contributed by atoms with Crippen molar-refractivity contribution < 1.29 is 4.79 Å². The van der Waals surface area contributed by atoms with Crippen LogP contribution in [0.3, 0.4) is 0 Å². The quantitative estimate of drug-likeness (QED) is 0.800. The fraction of sp³-hybridized carbons (Fsp3) is 0.750. The molecule has 0 spiro atoms. The summed E-state index contributed by atoms with van der Waals surface area (Å²) in [5.74, 6) is 2.76. The van der Waals surface area contributed by atoms with Gasteiger partial charge in [-0.25, -0.2) is 0 Å². The summed E-state index contributed by atoms with van der Waals surface area (Å²) in [7, 11) is 0. The van der Waals surface area contributed by atoms with Gasteiger partial charge in [-0.3, -0.25) is 4.79 Å². The van der Waals surface area contributed by atoms with Crippen LogP contribution in [0.2, 0.25) is 0 Å². The van der Waals surface area contributed by atoms with Gasteiger partial charge in [0.2, 0.25) is 5.91 Å². The Kier molecular flexibility index (Phi) is 4.42. The van der Waals surface area contributed by atoms with E-state index >= 15 is 0 Å². The van der Waals surface area contributed by atoms with Gasteiger partial charge in [-0.05, 0) is 13.0 Å². The van der Waals surface area contributed by atoms with Crippen LogP contribution in [-0.4, -0.2) is 51.8 Å². The van der Waals surface area contributed by atoms with E-state index in [9.17, 15) is 4.79 Å². The Hall–Kier alpha value is -1.14. The van der Waals surface area contributed by atoms with Gasteiger partial charge in [-0.1, -0.05) is 0 Å². The molecule has 3 heterocycles. The lowest BCUT2D eigenvalue weighted by Crippen LogP contribution is -2.31. The fourth-order valence-corrected chi connectivity index (χ4v) is 2.84. The van der Waals surface area contributed by atoms with Crippen molar-refractivity contribution in [3.8, 4) is 0 Å². The topological polar surface area (TPSA) is 63.1 Å². The number of carbonyl (C=O) groups excluding carboxylic acids is 1. The zero-order valence-corrected chi connectivity index (χ0v) is 11.9. The Morgan fingerprint density at radius 2 is 2.16 bits per heavy atom. The summed E-state index contributed by atoms with van der Waals surface area (Å²) in [5, 5.41) is 12.0. The molecule has 1 saturated heterocycles. The number of nitrogens with one attached hydrogen (secondary N) is 1. The van der Waals surface area contributed by atoms with E-state index in [1.807, 2.05) is 4.90 Å². The van der Waals surface area contributed by atoms with Crippen LogP contribution < -0.4 is 5.32 Å². The minimum atomic E-state index is 0. The maximum atomic E-state index is 11.4. The molecule has 0 aromatic carbocycles. The predicted molar refractivity (Wildman–Crippen MR) is 73.5 cm³/mol. The summed E-state index contributed by atoms with van der Waals surface area (Å²) in [5.41, 5.74) is 0. The third-order valence-corrected chi connectivity index (χ3v) is 3.93. The average molecular weight is 286 g/mol. The molecule has 7 heteroatoms. The molecule has 6 nitrogen and oxygen atoms in total. The van der Waals surface area contributed by atoms with Gasteiger partial charge in [0.15, 0.2) is 0 Å². The molecule has 1 aromatic heterocycles. The number of aromatic nitrogens is 3. The van der Waals surface area contributed by atoms with Crippen LogP contribution in [0.1, 0.15) is 30.9 Å². The summed E-state index contributed by atoms with van der Waals surface area (Å²) in [6, 6.07) is 0. The number of halogens is 1. The smallest absolute Gasteiger partial charge is 0.219 e. The highest BCUT2D eigenvalue weighted by Gasteiger charge is 2.26. The second-order valence-electron chi connectivity index (χ2n) is 5.07. The van der Waals surface area contributed by atoms with E-state index in [4.69, 9.17) is 0 Å². The van der Waals surface area contributed by atoms with Crippen LogP contribution >= 0.6 is 12.4 Å². The first kappa shape index (κ1) is 14.3. The highest BCUT2D eigenvalue weighted by molar-refractivity contribution is 5.85. The normalized spacial score (nSPS) is 22.6. The van der Waals surface area contributed by atoms with Crippen molar-refractivity contribution in [1.29, 1.82) is 0 Å². The van der Waals surface area contributed by atoms with Gasteiger partial charge >= 0.3 is 0 Å². The van der Waals surface area contributed by atoms with Crippen molar-refractivity contribution in [2.75, 3.05) is 26.2 Å². The first-order valence-electron chi connectivity index (χ1n) is 6.64. The molecule has 19 heavy (non-hydrogen) atoms. The minimum absolute atomic E-state index is 0. The van der Waals surface area contributed by atoms with Crippen LogP contribution in [-0.2, 0) is 17.8 Å². The van der Waals surface area contributed by atoms with Gasteiger partial charge in [-0.2, -0.15) is 0 Å². The lowest BCUT2D eigenvalue weighted by atomic mass is 10.1. The molecule has 1 atom stereocenters. The predicted octanol–water partition coefficient (Wildman–Crippen LogP) is 0.181. The van der Waals surface area contributed by atoms with E-state index in [-0.39, 0.29) is 18.3 Å². The third-order valence-electron chi connectivity index (χ3n) is 3.93. The molecule has 1 amide bonds. The molecule has 2 aliphatic rings. The van der Waals surface area contributed by atoms with Crippen molar-refractivity contribution in [2.24, 2.45) is 0 Å². The maximum absolute atomic E-state index is 11.4. The lowest BCUT2D eigenvalue weighted by molar-refractivity contribution is -0.128. The van der Waals surface area contributed by atoms with Gasteiger partial charge in [0.25, 0.3) is 0 Å². The molecule has 0 radical (unpaired) electrons. The second kappa shape index (κ2) is 5.88. The largest absolute Gasteiger partial charge is 0.341 e. The SMILES string of the molecule is CC(=O)N1CCc2nnc(C3CCNC3)n2CC1.Cl. The molecular weight excluding hydrogens is 266 g/mol. The molecule has 3 rings (SSSR count). The van der Waals surface area contributed by atoms with Crippen LogP contribution in [0, 0.1) is 0 Å². The first-order valence-corrected chi connectivity index (χ1v) is 6.64. The summed E-state index contributed by atoms with van der Waals surface area (Å²) < 4.78 is 2.22. The van der Waals surface area contributed by atoms with Crippen molar-refractivity contribution in [3.05, 3.63) is 11.6 Å². The number of hydrogen-bond acceptors (Lipinski definition) is 4. The number of fused-ring (bicyclic) bond motifs is 1. The number of rotatable bonds is 1. The molecule has 2 aliphatic heterocycles. The zero-order chi connectivity index (χ0) is 12.5. The number of carbonyl (C=O) groups is 1. The van der Waals surface area contributed by atoms with Gasteiger partial charge < -0.3 is 14.8 Å². The Balaban J connectivity index is 0.00000133. The minimum Gasteiger partial charge on any atom is -0.341 e. The van der Waals surface area contributed by atoms with E-state index in [1.54, 1.807) is 6.92 Å². The monoisotopic (exact) mass is 285 g/mol. The Bertz CT molecular complexity index is 455. The average Bonchev–Trinajstić information content (AvgIpc) is 2.94. The summed E-state index contributed by atoms with van der Waals surface area (Å²) >= 11 is 0. The van der Waals surface area contributed by atoms with Gasteiger partial charge in [0.1, 0.15) is 11.6 Å². The lowest BCUT2D eigenvalue weighted by Gasteiger charge is -2.18. The van der Waals surface area contributed by atoms with E-state index in [0.29, 0.717) is 5.92 Å². The highest BCUT2D eigenvalue weighted by Crippen LogP contribution is 2.22. The third kappa shape index (κ3) is 2.74. The van der Waals surface area contributed by atoms with Crippen molar-refractivity contribution >= 4 is 18.3 Å². The molecule has 0 saturated carbocycles. The second-order valence-corrected chi connectivity index (χ2v) is 5.07. The van der Waals surface area contributed by atoms with Crippen molar-refractivity contribution in [1.82, 2.24) is 25.0 Å². The molecule has 1 fully saturated rings. The number of amides is 1. The fourth-order valence-electron chi connectivity index (χ4n) is 2.84. The number of nitrogens with zero attached hydrogens (tertiary/aromatic N) is 4. The van der Waals surface area contributed by atoms with Crippen LogP contribution in [0.25, 0.3) is 0 Å². The number of hydrogen-bond donors (Lipinski definition) is 1. The summed E-state index contributed by atoms with van der Waals surface area (Å²) in [4.78, 5) is 13.3. The van der Waals surface area contributed by atoms with Gasteiger partial charge in [0.05, 0.1) is 0 Å². The molecule has 1 N–H and O–H groups in total. The van der Waals surface area contributed by atoms with Crippen LogP contribution in [0.15, 0.2) is 0 Å². The Labute approximate surface area is 119 Å². The Morgan fingerprint density at radius 1 is 1.32 bits per heavy atom. The summed E-state index contributed by atoms with van der Waals surface area (Å²) in [6.07, 6.45) is 1.95. The molecule has 1 unspecified atom stereocenters. The molecule has 1 aromatic rings. The molecule has 0 bridgehead atoms. The van der Waals surface area contributed by atoms with E-state index in [1.165, 1.54) is 0 Å². The van der Waals surface area contributed by atoms with Crippen molar-refractivity contribution in [2.45, 2.75) is 32.2 Å². The zero-order valence-electron chi connectivity index (χ0n) is 11.1. The first-order chi connectivity index (χ1) is 8.75. The van der Waals surface area contributed by atoms with E-state index in [2.05, 4.69) is 20.1 Å². The molecule has 106 valence electrons. The van der Waals surface area contributed by atoms with E-state index in [0.717, 1.165) is 57.2 Å².